The van der Waals surface area contributed by atoms with Gasteiger partial charge in [0.15, 0.2) is 5.96 Å². The van der Waals surface area contributed by atoms with Crippen LogP contribution in [0.3, 0.4) is 0 Å². The van der Waals surface area contributed by atoms with E-state index in [2.05, 4.69) is 34.6 Å². The first-order chi connectivity index (χ1) is 12.3. The Bertz CT molecular complexity index is 787. The van der Waals surface area contributed by atoms with Crippen LogP contribution in [0.1, 0.15) is 36.0 Å². The van der Waals surface area contributed by atoms with Crippen LogP contribution in [0, 0.1) is 5.92 Å². The van der Waals surface area contributed by atoms with Crippen molar-refractivity contribution in [3.63, 3.8) is 0 Å². The first-order valence-corrected chi connectivity index (χ1v) is 9.17. The molecule has 0 heterocycles. The standard InChI is InChI=1S/C21H25N3O.HI/c22-21(24-19-11-10-16-5-3-6-17(16)12-19)23-13-18-4-1-2-7-20(18)25-14-15-8-9-15;/h1-2,4,7,10-12,15H,3,5-6,8-9,13-14H2,(H3,22,23,24);1H. The van der Waals surface area contributed by atoms with E-state index in [1.54, 1.807) is 0 Å². The molecule has 0 aliphatic heterocycles. The van der Waals surface area contributed by atoms with Crippen molar-refractivity contribution in [3.05, 3.63) is 59.2 Å². The summed E-state index contributed by atoms with van der Waals surface area (Å²) < 4.78 is 5.93. The van der Waals surface area contributed by atoms with Crippen LogP contribution in [0.15, 0.2) is 47.5 Å². The van der Waals surface area contributed by atoms with Crippen molar-refractivity contribution in [1.82, 2.24) is 0 Å². The van der Waals surface area contributed by atoms with Crippen molar-refractivity contribution in [2.45, 2.75) is 38.6 Å². The normalized spacial score (nSPS) is 15.9. The van der Waals surface area contributed by atoms with E-state index < -0.39 is 0 Å². The van der Waals surface area contributed by atoms with Crippen LogP contribution in [0.25, 0.3) is 0 Å². The molecular formula is C21H26IN3O. The zero-order valence-electron chi connectivity index (χ0n) is 14.9. The summed E-state index contributed by atoms with van der Waals surface area (Å²) in [5, 5.41) is 3.21. The summed E-state index contributed by atoms with van der Waals surface area (Å²) in [5.74, 6) is 2.10. The van der Waals surface area contributed by atoms with Gasteiger partial charge in [-0.2, -0.15) is 0 Å². The summed E-state index contributed by atoms with van der Waals surface area (Å²) in [5.41, 5.74) is 11.1. The molecule has 4 nitrogen and oxygen atoms in total. The molecule has 0 saturated heterocycles. The number of fused-ring (bicyclic) bond motifs is 1. The predicted molar refractivity (Wildman–Crippen MR) is 117 cm³/mol. The topological polar surface area (TPSA) is 59.6 Å². The molecular weight excluding hydrogens is 437 g/mol. The minimum Gasteiger partial charge on any atom is -0.493 e. The summed E-state index contributed by atoms with van der Waals surface area (Å²) in [6, 6.07) is 14.5. The molecule has 4 rings (SSSR count). The summed E-state index contributed by atoms with van der Waals surface area (Å²) in [6.07, 6.45) is 6.18. The van der Waals surface area contributed by atoms with Crippen LogP contribution in [0.4, 0.5) is 5.69 Å². The molecule has 3 N–H and O–H groups in total. The Labute approximate surface area is 172 Å². The van der Waals surface area contributed by atoms with Crippen LogP contribution in [-0.4, -0.2) is 12.6 Å². The van der Waals surface area contributed by atoms with E-state index in [9.17, 15) is 0 Å². The number of nitrogens with zero attached hydrogens (tertiary/aromatic N) is 1. The lowest BCUT2D eigenvalue weighted by molar-refractivity contribution is 0.297. The SMILES string of the molecule is I.NC(=NCc1ccccc1OCC1CC1)Nc1ccc2c(c1)CCC2. The largest absolute Gasteiger partial charge is 0.493 e. The number of nitrogens with one attached hydrogen (secondary N) is 1. The smallest absolute Gasteiger partial charge is 0.193 e. The van der Waals surface area contributed by atoms with Gasteiger partial charge in [0.05, 0.1) is 13.2 Å². The van der Waals surface area contributed by atoms with E-state index in [0.717, 1.165) is 35.9 Å². The first-order valence-electron chi connectivity index (χ1n) is 9.17. The summed E-state index contributed by atoms with van der Waals surface area (Å²) in [4.78, 5) is 4.49. The molecule has 0 unspecified atom stereocenters. The molecule has 2 aliphatic rings. The van der Waals surface area contributed by atoms with Crippen molar-refractivity contribution in [1.29, 1.82) is 0 Å². The highest BCUT2D eigenvalue weighted by molar-refractivity contribution is 14.0. The molecule has 1 fully saturated rings. The molecule has 0 amide bonds. The number of rotatable bonds is 6. The Morgan fingerprint density at radius 3 is 2.77 bits per heavy atom. The maximum Gasteiger partial charge on any atom is 0.193 e. The Morgan fingerprint density at radius 1 is 1.12 bits per heavy atom. The second-order valence-electron chi connectivity index (χ2n) is 7.03. The fraction of sp³-hybridized carbons (Fsp3) is 0.381. The lowest BCUT2D eigenvalue weighted by atomic mass is 10.1. The van der Waals surface area contributed by atoms with E-state index in [-0.39, 0.29) is 24.0 Å². The molecule has 2 aromatic carbocycles. The molecule has 0 aromatic heterocycles. The molecule has 5 heteroatoms. The zero-order chi connectivity index (χ0) is 17.1. The van der Waals surface area contributed by atoms with E-state index in [4.69, 9.17) is 10.5 Å². The van der Waals surface area contributed by atoms with Gasteiger partial charge in [0.1, 0.15) is 5.75 Å². The van der Waals surface area contributed by atoms with E-state index in [1.807, 2.05) is 18.2 Å². The number of nitrogens with two attached hydrogens (primary N) is 1. The molecule has 2 aliphatic carbocycles. The van der Waals surface area contributed by atoms with Crippen LogP contribution < -0.4 is 15.8 Å². The van der Waals surface area contributed by atoms with E-state index in [0.29, 0.717) is 12.5 Å². The number of anilines is 1. The molecule has 0 spiro atoms. The first kappa shape index (κ1) is 19.0. The lowest BCUT2D eigenvalue weighted by Gasteiger charge is -2.11. The van der Waals surface area contributed by atoms with E-state index >= 15 is 0 Å². The average Bonchev–Trinajstić information content (AvgIpc) is 3.34. The molecule has 0 bridgehead atoms. The van der Waals surface area contributed by atoms with Gasteiger partial charge in [-0.3, -0.25) is 0 Å². The van der Waals surface area contributed by atoms with Gasteiger partial charge in [-0.25, -0.2) is 4.99 Å². The van der Waals surface area contributed by atoms with Gasteiger partial charge in [-0.05, 0) is 67.3 Å². The van der Waals surface area contributed by atoms with Gasteiger partial charge in [0.2, 0.25) is 0 Å². The Balaban J connectivity index is 0.00000196. The quantitative estimate of drug-likeness (QED) is 0.377. The van der Waals surface area contributed by atoms with Crippen LogP contribution in [0.2, 0.25) is 0 Å². The fourth-order valence-corrected chi connectivity index (χ4v) is 3.27. The number of aliphatic imine (C=N–C) groups is 1. The highest BCUT2D eigenvalue weighted by Crippen LogP contribution is 2.30. The van der Waals surface area contributed by atoms with Crippen molar-refractivity contribution >= 4 is 35.6 Å². The van der Waals surface area contributed by atoms with Gasteiger partial charge >= 0.3 is 0 Å². The fourth-order valence-electron chi connectivity index (χ4n) is 3.27. The Morgan fingerprint density at radius 2 is 1.92 bits per heavy atom. The Kier molecular flexibility index (Phi) is 6.40. The minimum absolute atomic E-state index is 0. The van der Waals surface area contributed by atoms with Crippen LogP contribution in [0.5, 0.6) is 5.75 Å². The lowest BCUT2D eigenvalue weighted by Crippen LogP contribution is -2.22. The van der Waals surface area contributed by atoms with Crippen molar-refractivity contribution in [2.75, 3.05) is 11.9 Å². The average molecular weight is 463 g/mol. The Hall–Kier alpha value is -1.76. The highest BCUT2D eigenvalue weighted by atomic mass is 127. The third kappa shape index (κ3) is 4.90. The third-order valence-electron chi connectivity index (χ3n) is 4.93. The number of para-hydroxylation sites is 1. The monoisotopic (exact) mass is 463 g/mol. The van der Waals surface area contributed by atoms with Gasteiger partial charge in [-0.15, -0.1) is 24.0 Å². The molecule has 0 radical (unpaired) electrons. The number of guanidine groups is 1. The summed E-state index contributed by atoms with van der Waals surface area (Å²) in [7, 11) is 0. The predicted octanol–water partition coefficient (Wildman–Crippen LogP) is 4.51. The van der Waals surface area contributed by atoms with Crippen molar-refractivity contribution < 1.29 is 4.74 Å². The van der Waals surface area contributed by atoms with Crippen molar-refractivity contribution in [2.24, 2.45) is 16.6 Å². The number of hydrogen-bond donors (Lipinski definition) is 2. The number of halogens is 1. The van der Waals surface area contributed by atoms with Crippen LogP contribution >= 0.6 is 24.0 Å². The summed E-state index contributed by atoms with van der Waals surface area (Å²) in [6.45, 7) is 1.33. The molecule has 138 valence electrons. The maximum atomic E-state index is 6.08. The van der Waals surface area contributed by atoms with Gasteiger partial charge in [0.25, 0.3) is 0 Å². The number of benzene rings is 2. The second kappa shape index (κ2) is 8.75. The summed E-state index contributed by atoms with van der Waals surface area (Å²) >= 11 is 0. The number of aryl methyl sites for hydroxylation is 2. The second-order valence-corrected chi connectivity index (χ2v) is 7.03. The maximum absolute atomic E-state index is 6.08. The highest BCUT2D eigenvalue weighted by Gasteiger charge is 2.22. The van der Waals surface area contributed by atoms with E-state index in [1.165, 1.54) is 36.8 Å². The molecule has 1 saturated carbocycles. The van der Waals surface area contributed by atoms with Gasteiger partial charge in [0, 0.05) is 11.3 Å². The van der Waals surface area contributed by atoms with Crippen LogP contribution in [-0.2, 0) is 19.4 Å². The molecule has 0 atom stereocenters. The molecule has 26 heavy (non-hydrogen) atoms. The number of hydrogen-bond acceptors (Lipinski definition) is 2. The number of ether oxygens (including phenoxy) is 1. The third-order valence-corrected chi connectivity index (χ3v) is 4.93. The van der Waals surface area contributed by atoms with Gasteiger partial charge in [-0.1, -0.05) is 24.3 Å². The van der Waals surface area contributed by atoms with Crippen molar-refractivity contribution in [3.8, 4) is 5.75 Å². The zero-order valence-corrected chi connectivity index (χ0v) is 17.2. The van der Waals surface area contributed by atoms with Gasteiger partial charge < -0.3 is 15.8 Å². The molecule has 2 aromatic rings. The minimum atomic E-state index is 0.